The number of ether oxygens (including phenoxy) is 2. The number of carboxylic acid groups (broad SMARTS) is 1. The van der Waals surface area contributed by atoms with Gasteiger partial charge in [-0.1, -0.05) is 6.07 Å². The zero-order valence-corrected chi connectivity index (χ0v) is 21.1. The van der Waals surface area contributed by atoms with Crippen LogP contribution in [0.2, 0.25) is 0 Å². The summed E-state index contributed by atoms with van der Waals surface area (Å²) in [7, 11) is 1.56. The van der Waals surface area contributed by atoms with Crippen LogP contribution in [0.4, 0.5) is 23.8 Å². The van der Waals surface area contributed by atoms with Crippen LogP contribution in [0.25, 0.3) is 0 Å². The van der Waals surface area contributed by atoms with Crippen molar-refractivity contribution >= 4 is 17.9 Å². The first-order valence-electron chi connectivity index (χ1n) is 12.2. The molecule has 1 amide bonds. The number of carbonyl (C=O) groups is 2. The van der Waals surface area contributed by atoms with Crippen LogP contribution in [0.1, 0.15) is 50.8 Å². The Morgan fingerprint density at radius 1 is 1.22 bits per heavy atom. The predicted octanol–water partition coefficient (Wildman–Crippen LogP) is 3.62. The van der Waals surface area contributed by atoms with E-state index in [-0.39, 0.29) is 6.42 Å². The van der Waals surface area contributed by atoms with E-state index in [1.54, 1.807) is 7.11 Å². The molecule has 1 atom stereocenters. The smallest absolute Gasteiger partial charge is 0.427 e. The van der Waals surface area contributed by atoms with Crippen molar-refractivity contribution in [3.05, 3.63) is 23.4 Å². The molecule has 0 bridgehead atoms. The number of carbonyl (C=O) groups excluding carboxylic acids is 1. The van der Waals surface area contributed by atoms with Gasteiger partial charge in [0, 0.05) is 32.4 Å². The van der Waals surface area contributed by atoms with Gasteiger partial charge in [-0.15, -0.1) is 0 Å². The largest absolute Gasteiger partial charge is 0.480 e. The molecule has 3 N–H and O–H groups in total. The average Bonchev–Trinajstić information content (AvgIpc) is 2.80. The standard InChI is InChI=1S/C24H37F3N4O5/c1-23(2,24(25,26)27)36-22(34)30-19(21(32)33)11-14-31(15-16-35-3)13-5-4-8-18-10-9-17-7-6-12-28-20(17)29-18/h9-10,19H,4-8,11-16H2,1-3H3,(H,28,29)(H,30,34)(H,32,33). The molecule has 36 heavy (non-hydrogen) atoms. The molecule has 0 radical (unpaired) electrons. The molecule has 9 nitrogen and oxygen atoms in total. The van der Waals surface area contributed by atoms with Gasteiger partial charge in [0.1, 0.15) is 11.9 Å². The number of anilines is 1. The Kier molecular flexibility index (Phi) is 11.2. The summed E-state index contributed by atoms with van der Waals surface area (Å²) in [4.78, 5) is 30.2. The summed E-state index contributed by atoms with van der Waals surface area (Å²) in [6, 6.07) is 2.78. The summed E-state index contributed by atoms with van der Waals surface area (Å²) < 4.78 is 48.4. The van der Waals surface area contributed by atoms with Crippen molar-refractivity contribution < 1.29 is 37.3 Å². The number of alkyl carbamates (subject to hydrolysis) is 1. The van der Waals surface area contributed by atoms with E-state index in [1.807, 2.05) is 10.2 Å². The highest BCUT2D eigenvalue weighted by Gasteiger charge is 2.51. The lowest BCUT2D eigenvalue weighted by Crippen LogP contribution is -2.49. The molecular weight excluding hydrogens is 481 g/mol. The van der Waals surface area contributed by atoms with Crippen molar-refractivity contribution in [3.8, 4) is 0 Å². The van der Waals surface area contributed by atoms with Gasteiger partial charge in [0.05, 0.1) is 6.61 Å². The number of nitrogens with zero attached hydrogens (tertiary/aromatic N) is 2. The average molecular weight is 519 g/mol. The highest BCUT2D eigenvalue weighted by atomic mass is 19.4. The summed E-state index contributed by atoms with van der Waals surface area (Å²) in [6.45, 7) is 4.30. The monoisotopic (exact) mass is 518 g/mol. The molecule has 0 aromatic carbocycles. The van der Waals surface area contributed by atoms with E-state index >= 15 is 0 Å². The van der Waals surface area contributed by atoms with Crippen LogP contribution in [-0.4, -0.2) is 84.8 Å². The van der Waals surface area contributed by atoms with Gasteiger partial charge in [-0.05, 0) is 70.5 Å². The van der Waals surface area contributed by atoms with E-state index in [2.05, 4.69) is 22.2 Å². The minimum Gasteiger partial charge on any atom is -0.480 e. The van der Waals surface area contributed by atoms with Gasteiger partial charge in [0.2, 0.25) is 5.60 Å². The number of alkyl halides is 3. The molecule has 1 unspecified atom stereocenters. The van der Waals surface area contributed by atoms with Crippen LogP contribution in [-0.2, 0) is 27.1 Å². The third-order valence-corrected chi connectivity index (χ3v) is 6.08. The van der Waals surface area contributed by atoms with Gasteiger partial charge in [-0.25, -0.2) is 14.6 Å². The van der Waals surface area contributed by atoms with E-state index in [9.17, 15) is 27.9 Å². The third kappa shape index (κ3) is 9.45. The second-order valence-electron chi connectivity index (χ2n) is 9.35. The van der Waals surface area contributed by atoms with Crippen molar-refractivity contribution in [2.24, 2.45) is 0 Å². The number of rotatable bonds is 14. The van der Waals surface area contributed by atoms with Crippen LogP contribution in [0.3, 0.4) is 0 Å². The fourth-order valence-electron chi connectivity index (χ4n) is 3.74. The maximum atomic E-state index is 12.9. The Balaban J connectivity index is 1.83. The number of unbranched alkanes of at least 4 members (excludes halogenated alkanes) is 1. The minimum absolute atomic E-state index is 0.00135. The van der Waals surface area contributed by atoms with Crippen molar-refractivity contribution in [3.63, 3.8) is 0 Å². The molecule has 0 spiro atoms. The Morgan fingerprint density at radius 3 is 2.64 bits per heavy atom. The Morgan fingerprint density at radius 2 is 1.97 bits per heavy atom. The number of nitrogens with one attached hydrogen (secondary N) is 2. The summed E-state index contributed by atoms with van der Waals surface area (Å²) in [6.07, 6.45) is -1.54. The number of pyridine rings is 1. The number of aromatic nitrogens is 1. The Hall–Kier alpha value is -2.60. The molecule has 2 heterocycles. The highest BCUT2D eigenvalue weighted by molar-refractivity contribution is 5.80. The first-order valence-corrected chi connectivity index (χ1v) is 12.2. The summed E-state index contributed by atoms with van der Waals surface area (Å²) in [5.41, 5.74) is -0.488. The van der Waals surface area contributed by atoms with E-state index < -0.39 is 29.9 Å². The minimum atomic E-state index is -4.79. The number of aryl methyl sites for hydroxylation is 2. The van der Waals surface area contributed by atoms with E-state index in [1.165, 1.54) is 5.56 Å². The van der Waals surface area contributed by atoms with E-state index in [0.717, 1.165) is 50.2 Å². The number of hydrogen-bond acceptors (Lipinski definition) is 7. The number of halogens is 3. The molecule has 1 aliphatic rings. The van der Waals surface area contributed by atoms with Gasteiger partial charge in [-0.3, -0.25) is 0 Å². The Bertz CT molecular complexity index is 867. The van der Waals surface area contributed by atoms with Crippen molar-refractivity contribution in [2.45, 2.75) is 70.2 Å². The molecule has 1 aromatic rings. The fraction of sp³-hybridized carbons (Fsp3) is 0.708. The second-order valence-corrected chi connectivity index (χ2v) is 9.35. The number of amides is 1. The molecule has 204 valence electrons. The SMILES string of the molecule is COCCN(CCCCc1ccc2c(n1)NCCC2)CCC(NC(=O)OC(C)(C)C(F)(F)F)C(=O)O. The topological polar surface area (TPSA) is 113 Å². The van der Waals surface area contributed by atoms with E-state index in [4.69, 9.17) is 9.72 Å². The number of aliphatic carboxylic acids is 1. The predicted molar refractivity (Wildman–Crippen MR) is 128 cm³/mol. The van der Waals surface area contributed by atoms with Crippen molar-refractivity contribution in [2.75, 3.05) is 45.2 Å². The maximum Gasteiger partial charge on any atom is 0.427 e. The summed E-state index contributed by atoms with van der Waals surface area (Å²) in [5, 5.41) is 14.8. The molecule has 1 aromatic heterocycles. The molecule has 0 saturated heterocycles. The third-order valence-electron chi connectivity index (χ3n) is 6.08. The van der Waals surface area contributed by atoms with Gasteiger partial charge < -0.3 is 30.1 Å². The number of carboxylic acids is 1. The second kappa shape index (κ2) is 13.6. The first-order chi connectivity index (χ1) is 16.9. The van der Waals surface area contributed by atoms with Crippen LogP contribution in [0.5, 0.6) is 0 Å². The van der Waals surface area contributed by atoms with Gasteiger partial charge in [0.25, 0.3) is 0 Å². The van der Waals surface area contributed by atoms with Gasteiger partial charge in [-0.2, -0.15) is 13.2 Å². The molecule has 0 aliphatic carbocycles. The first kappa shape index (κ1) is 29.6. The quantitative estimate of drug-likeness (QED) is 0.320. The summed E-state index contributed by atoms with van der Waals surface area (Å²) >= 11 is 0. The van der Waals surface area contributed by atoms with Crippen LogP contribution >= 0.6 is 0 Å². The van der Waals surface area contributed by atoms with Crippen LogP contribution < -0.4 is 10.6 Å². The lowest BCUT2D eigenvalue weighted by atomic mass is 10.1. The lowest BCUT2D eigenvalue weighted by Gasteiger charge is -2.28. The number of hydrogen-bond donors (Lipinski definition) is 3. The van der Waals surface area contributed by atoms with Crippen molar-refractivity contribution in [1.29, 1.82) is 0 Å². The zero-order valence-electron chi connectivity index (χ0n) is 21.1. The van der Waals surface area contributed by atoms with Crippen LogP contribution in [0.15, 0.2) is 12.1 Å². The molecule has 0 saturated carbocycles. The number of methoxy groups -OCH3 is 1. The molecular formula is C24H37F3N4O5. The highest BCUT2D eigenvalue weighted by Crippen LogP contribution is 2.32. The van der Waals surface area contributed by atoms with Crippen molar-refractivity contribution in [1.82, 2.24) is 15.2 Å². The normalized spacial score (nSPS) is 14.6. The van der Waals surface area contributed by atoms with E-state index in [0.29, 0.717) is 40.1 Å². The zero-order chi connectivity index (χ0) is 26.8. The molecule has 1 aliphatic heterocycles. The lowest BCUT2D eigenvalue weighted by molar-refractivity contribution is -0.244. The molecule has 0 fully saturated rings. The number of fused-ring (bicyclic) bond motifs is 1. The van der Waals surface area contributed by atoms with Gasteiger partial charge >= 0.3 is 18.2 Å². The molecule has 12 heteroatoms. The maximum absolute atomic E-state index is 12.9. The fourth-order valence-corrected chi connectivity index (χ4v) is 3.74. The summed E-state index contributed by atoms with van der Waals surface area (Å²) in [5.74, 6) is -0.389. The molecule has 2 rings (SSSR count). The van der Waals surface area contributed by atoms with Crippen LogP contribution in [0, 0.1) is 0 Å². The van der Waals surface area contributed by atoms with Gasteiger partial charge in [0.15, 0.2) is 0 Å². The Labute approximate surface area is 209 Å².